The summed E-state index contributed by atoms with van der Waals surface area (Å²) in [5.41, 5.74) is 0.690. The molecule has 1 aromatic rings. The van der Waals surface area contributed by atoms with E-state index in [0.29, 0.717) is 30.1 Å². The first-order valence-electron chi connectivity index (χ1n) is 5.41. The van der Waals surface area contributed by atoms with E-state index in [4.69, 9.17) is 32.7 Å². The van der Waals surface area contributed by atoms with E-state index >= 15 is 0 Å². The SMILES string of the molecule is CC(C)(C)OCCOCc1ccc(Cl)nc1Cl. The number of hydrogen-bond donors (Lipinski definition) is 0. The fourth-order valence-corrected chi connectivity index (χ4v) is 1.54. The van der Waals surface area contributed by atoms with Crippen LogP contribution in [0.25, 0.3) is 0 Å². The molecular formula is C12H17Cl2NO2. The molecule has 1 rings (SSSR count). The molecule has 0 saturated heterocycles. The summed E-state index contributed by atoms with van der Waals surface area (Å²) >= 11 is 11.6. The standard InChI is InChI=1S/C12H17Cl2NO2/c1-12(2,3)17-7-6-16-8-9-4-5-10(13)15-11(9)14/h4-5H,6-8H2,1-3H3. The second-order valence-electron chi connectivity index (χ2n) is 4.60. The lowest BCUT2D eigenvalue weighted by molar-refractivity contribution is -0.0377. The molecule has 0 radical (unpaired) electrons. The zero-order valence-electron chi connectivity index (χ0n) is 10.3. The highest BCUT2D eigenvalue weighted by atomic mass is 35.5. The van der Waals surface area contributed by atoms with Crippen LogP contribution in [-0.4, -0.2) is 23.8 Å². The predicted molar refractivity (Wildman–Crippen MR) is 69.6 cm³/mol. The minimum absolute atomic E-state index is 0.136. The predicted octanol–water partition coefficient (Wildman–Crippen LogP) is 3.72. The normalized spacial score (nSPS) is 11.8. The number of hydrogen-bond acceptors (Lipinski definition) is 3. The maximum Gasteiger partial charge on any atom is 0.136 e. The van der Waals surface area contributed by atoms with Crippen LogP contribution in [0.15, 0.2) is 12.1 Å². The molecule has 5 heteroatoms. The lowest BCUT2D eigenvalue weighted by Gasteiger charge is -2.19. The Morgan fingerprint density at radius 3 is 2.47 bits per heavy atom. The largest absolute Gasteiger partial charge is 0.374 e. The Labute approximate surface area is 112 Å². The maximum absolute atomic E-state index is 5.91. The molecule has 0 fully saturated rings. The Balaban J connectivity index is 2.27. The van der Waals surface area contributed by atoms with Crippen LogP contribution in [0, 0.1) is 0 Å². The van der Waals surface area contributed by atoms with Gasteiger partial charge < -0.3 is 9.47 Å². The van der Waals surface area contributed by atoms with Gasteiger partial charge in [0.2, 0.25) is 0 Å². The lowest BCUT2D eigenvalue weighted by atomic mass is 10.2. The molecule has 0 aromatic carbocycles. The topological polar surface area (TPSA) is 31.4 Å². The molecule has 0 amide bonds. The quantitative estimate of drug-likeness (QED) is 0.607. The summed E-state index contributed by atoms with van der Waals surface area (Å²) in [6.07, 6.45) is 0. The molecule has 0 aliphatic carbocycles. The first-order valence-corrected chi connectivity index (χ1v) is 6.17. The van der Waals surface area contributed by atoms with Crippen molar-refractivity contribution in [3.8, 4) is 0 Å². The molecule has 1 aromatic heterocycles. The molecule has 96 valence electrons. The van der Waals surface area contributed by atoms with Gasteiger partial charge in [-0.15, -0.1) is 0 Å². The van der Waals surface area contributed by atoms with Gasteiger partial charge in [-0.3, -0.25) is 0 Å². The highest BCUT2D eigenvalue weighted by molar-refractivity contribution is 6.32. The summed E-state index contributed by atoms with van der Waals surface area (Å²) in [5.74, 6) is 0. The second-order valence-corrected chi connectivity index (χ2v) is 5.34. The molecule has 0 spiro atoms. The zero-order valence-corrected chi connectivity index (χ0v) is 11.8. The highest BCUT2D eigenvalue weighted by Gasteiger charge is 2.09. The van der Waals surface area contributed by atoms with Crippen LogP contribution in [0.4, 0.5) is 0 Å². The molecule has 0 unspecified atom stereocenters. The second kappa shape index (κ2) is 6.55. The van der Waals surface area contributed by atoms with Crippen molar-refractivity contribution in [1.29, 1.82) is 0 Å². The van der Waals surface area contributed by atoms with E-state index in [0.717, 1.165) is 5.56 Å². The van der Waals surface area contributed by atoms with Crippen molar-refractivity contribution < 1.29 is 9.47 Å². The number of rotatable bonds is 5. The van der Waals surface area contributed by atoms with Crippen LogP contribution in [0.5, 0.6) is 0 Å². The summed E-state index contributed by atoms with van der Waals surface area (Å²) in [6.45, 7) is 7.52. The summed E-state index contributed by atoms with van der Waals surface area (Å²) < 4.78 is 11.0. The van der Waals surface area contributed by atoms with E-state index in [1.54, 1.807) is 6.07 Å². The molecule has 3 nitrogen and oxygen atoms in total. The van der Waals surface area contributed by atoms with E-state index in [1.165, 1.54) is 0 Å². The third-order valence-electron chi connectivity index (χ3n) is 1.91. The van der Waals surface area contributed by atoms with E-state index in [1.807, 2.05) is 26.8 Å². The first kappa shape index (κ1) is 14.7. The van der Waals surface area contributed by atoms with Crippen LogP contribution >= 0.6 is 23.2 Å². The molecule has 1 heterocycles. The minimum Gasteiger partial charge on any atom is -0.374 e. The molecule has 0 aliphatic rings. The summed E-state index contributed by atoms with van der Waals surface area (Å²) in [4.78, 5) is 3.93. The third-order valence-corrected chi connectivity index (χ3v) is 2.45. The van der Waals surface area contributed by atoms with Crippen molar-refractivity contribution in [3.63, 3.8) is 0 Å². The van der Waals surface area contributed by atoms with Gasteiger partial charge in [-0.25, -0.2) is 4.98 Å². The van der Waals surface area contributed by atoms with Gasteiger partial charge in [-0.2, -0.15) is 0 Å². The lowest BCUT2D eigenvalue weighted by Crippen LogP contribution is -2.21. The Hall–Kier alpha value is -0.350. The number of pyridine rings is 1. The van der Waals surface area contributed by atoms with Crippen LogP contribution in [0.3, 0.4) is 0 Å². The number of aromatic nitrogens is 1. The van der Waals surface area contributed by atoms with E-state index < -0.39 is 0 Å². The van der Waals surface area contributed by atoms with Crippen LogP contribution in [0.1, 0.15) is 26.3 Å². The maximum atomic E-state index is 5.91. The fourth-order valence-electron chi connectivity index (χ4n) is 1.14. The van der Waals surface area contributed by atoms with E-state index in [9.17, 15) is 0 Å². The van der Waals surface area contributed by atoms with Crippen molar-refractivity contribution in [2.24, 2.45) is 0 Å². The van der Waals surface area contributed by atoms with E-state index in [2.05, 4.69) is 4.98 Å². The molecule has 0 N–H and O–H groups in total. The fraction of sp³-hybridized carbons (Fsp3) is 0.583. The Kier molecular flexibility index (Phi) is 5.67. The van der Waals surface area contributed by atoms with Gasteiger partial charge in [-0.05, 0) is 26.8 Å². The Morgan fingerprint density at radius 2 is 1.88 bits per heavy atom. The van der Waals surface area contributed by atoms with E-state index in [-0.39, 0.29) is 5.60 Å². The summed E-state index contributed by atoms with van der Waals surface area (Å²) in [6, 6.07) is 3.50. The van der Waals surface area contributed by atoms with Crippen molar-refractivity contribution in [3.05, 3.63) is 28.0 Å². The monoisotopic (exact) mass is 277 g/mol. The summed E-state index contributed by atoms with van der Waals surface area (Å²) in [5, 5.41) is 0.768. The smallest absolute Gasteiger partial charge is 0.136 e. The van der Waals surface area contributed by atoms with Crippen molar-refractivity contribution in [2.75, 3.05) is 13.2 Å². The van der Waals surface area contributed by atoms with Gasteiger partial charge in [0, 0.05) is 5.56 Å². The summed E-state index contributed by atoms with van der Waals surface area (Å²) in [7, 11) is 0. The Morgan fingerprint density at radius 1 is 1.18 bits per heavy atom. The molecule has 0 saturated carbocycles. The van der Waals surface area contributed by atoms with Gasteiger partial charge in [0.05, 0.1) is 25.4 Å². The number of nitrogens with zero attached hydrogens (tertiary/aromatic N) is 1. The molecule has 0 atom stereocenters. The van der Waals surface area contributed by atoms with Crippen LogP contribution < -0.4 is 0 Å². The van der Waals surface area contributed by atoms with Gasteiger partial charge in [-0.1, -0.05) is 29.3 Å². The molecule has 0 bridgehead atoms. The van der Waals surface area contributed by atoms with Gasteiger partial charge in [0.15, 0.2) is 0 Å². The van der Waals surface area contributed by atoms with Gasteiger partial charge in [0.25, 0.3) is 0 Å². The minimum atomic E-state index is -0.136. The van der Waals surface area contributed by atoms with Crippen LogP contribution in [-0.2, 0) is 16.1 Å². The van der Waals surface area contributed by atoms with Gasteiger partial charge in [0.1, 0.15) is 10.3 Å². The highest BCUT2D eigenvalue weighted by Crippen LogP contribution is 2.17. The molecule has 17 heavy (non-hydrogen) atoms. The number of ether oxygens (including phenoxy) is 2. The molecular weight excluding hydrogens is 261 g/mol. The average molecular weight is 278 g/mol. The van der Waals surface area contributed by atoms with Gasteiger partial charge >= 0.3 is 0 Å². The average Bonchev–Trinajstić information content (AvgIpc) is 2.18. The van der Waals surface area contributed by atoms with Crippen molar-refractivity contribution >= 4 is 23.2 Å². The number of halogens is 2. The van der Waals surface area contributed by atoms with Crippen molar-refractivity contribution in [2.45, 2.75) is 33.0 Å². The Bertz CT molecular complexity index is 364. The first-order chi connectivity index (χ1) is 7.88. The van der Waals surface area contributed by atoms with Crippen molar-refractivity contribution in [1.82, 2.24) is 4.98 Å². The third kappa shape index (κ3) is 6.22. The van der Waals surface area contributed by atoms with Crippen LogP contribution in [0.2, 0.25) is 10.3 Å². The molecule has 0 aliphatic heterocycles. The zero-order chi connectivity index (χ0) is 12.9.